The molecule has 0 unspecified atom stereocenters. The summed E-state index contributed by atoms with van der Waals surface area (Å²) in [6, 6.07) is 0. The van der Waals surface area contributed by atoms with Crippen molar-refractivity contribution in [3.05, 3.63) is 0 Å². The van der Waals surface area contributed by atoms with Gasteiger partial charge < -0.3 is 5.11 Å². The van der Waals surface area contributed by atoms with Crippen LogP contribution in [0.15, 0.2) is 0 Å². The zero-order valence-electron chi connectivity index (χ0n) is 2.21. The molecule has 0 radical (unpaired) electrons. The topological polar surface area (TPSA) is 66.8 Å². The molecule has 0 saturated heterocycles. The van der Waals surface area contributed by atoms with Gasteiger partial charge in [0.1, 0.15) is 0 Å². The van der Waals surface area contributed by atoms with Crippen molar-refractivity contribution in [1.82, 2.24) is 0 Å². The van der Waals surface area contributed by atoms with E-state index in [4.69, 9.17) is 15.2 Å². The molecule has 0 aromatic rings. The predicted octanol–water partition coefficient (Wildman–Crippen LogP) is -0.494. The van der Waals surface area contributed by atoms with Crippen LogP contribution in [0, 0.1) is 0 Å². The zero-order chi connectivity index (χ0) is 4.28. The van der Waals surface area contributed by atoms with Gasteiger partial charge in [0.25, 0.3) is 0 Å². The minimum absolute atomic E-state index is 0. The summed E-state index contributed by atoms with van der Waals surface area (Å²) < 4.78 is 0. The minimum atomic E-state index is -1.69. The molecule has 0 saturated carbocycles. The number of hydrogen-bond donors (Lipinski definition) is 2. The van der Waals surface area contributed by atoms with E-state index in [0.29, 0.717) is 0 Å². The maximum atomic E-state index is 8.90. The normalized spacial score (nSPS) is 5.50. The monoisotopic (exact) mass is 118 g/mol. The third-order valence-electron chi connectivity index (χ3n) is 0.0781. The van der Waals surface area contributed by atoms with Crippen molar-refractivity contribution in [2.75, 3.05) is 0 Å². The van der Waals surface area contributed by atoms with E-state index in [1.54, 1.807) is 0 Å². The Bertz CT molecular complexity index is 42.8. The Morgan fingerprint density at radius 1 is 1.67 bits per heavy atom. The van der Waals surface area contributed by atoms with Gasteiger partial charge >= 0.3 is 57.5 Å². The fourth-order valence-corrected chi connectivity index (χ4v) is 0. The van der Waals surface area contributed by atoms with Crippen molar-refractivity contribution >= 4 is 57.5 Å². The molecule has 6 heavy (non-hydrogen) atoms. The predicted molar refractivity (Wildman–Crippen MR) is 18.9 cm³/mol. The van der Waals surface area contributed by atoms with Crippen LogP contribution in [0.3, 0.4) is 0 Å². The van der Waals surface area contributed by atoms with Crippen molar-refractivity contribution in [2.24, 2.45) is 0 Å². The first-order chi connectivity index (χ1) is 2.27. The fraction of sp³-hybridized carbons (Fsp3) is 0. The van der Waals surface area contributed by atoms with Crippen LogP contribution in [-0.2, 0) is 4.89 Å². The molecule has 0 heterocycles. The van der Waals surface area contributed by atoms with Crippen LogP contribution in [0.2, 0.25) is 0 Å². The summed E-state index contributed by atoms with van der Waals surface area (Å²) in [5.74, 6) is 0. The molecule has 4 nitrogen and oxygen atoms in total. The van der Waals surface area contributed by atoms with Gasteiger partial charge in [0.05, 0.1) is 0 Å². The second-order valence-corrected chi connectivity index (χ2v) is 0.357. The fourth-order valence-electron chi connectivity index (χ4n) is 0. The first kappa shape index (κ1) is 9.98. The van der Waals surface area contributed by atoms with E-state index in [-0.39, 0.29) is 51.4 Å². The van der Waals surface area contributed by atoms with Crippen molar-refractivity contribution in [3.63, 3.8) is 0 Å². The van der Waals surface area contributed by atoms with Crippen LogP contribution in [-0.4, -0.2) is 67.9 Å². The molecule has 0 atom stereocenters. The average Bonchev–Trinajstić information content (AvgIpc) is 1.38. The molecule has 0 amide bonds. The quantitative estimate of drug-likeness (QED) is 0.256. The molecular weight excluding hydrogens is 115 g/mol. The van der Waals surface area contributed by atoms with E-state index in [9.17, 15) is 0 Å². The third-order valence-corrected chi connectivity index (χ3v) is 0.0781. The van der Waals surface area contributed by atoms with Gasteiger partial charge in [-0.1, -0.05) is 0 Å². The Kier molecular flexibility index (Phi) is 9.76. The van der Waals surface area contributed by atoms with Gasteiger partial charge in [-0.05, 0) is 0 Å². The van der Waals surface area contributed by atoms with Gasteiger partial charge in [0.15, 0.2) is 0 Å². The summed E-state index contributed by atoms with van der Waals surface area (Å²) in [4.78, 5) is 11.6. The van der Waals surface area contributed by atoms with Crippen LogP contribution < -0.4 is 0 Å². The standard InChI is InChI=1S/CH2O4.K.H/c2-1(3)5-4;;/h4H,(H,2,3);;. The Hall–Kier alpha value is 0.866. The van der Waals surface area contributed by atoms with E-state index in [2.05, 4.69) is 4.89 Å². The van der Waals surface area contributed by atoms with Gasteiger partial charge in [0, 0.05) is 0 Å². The summed E-state index contributed by atoms with van der Waals surface area (Å²) in [5.41, 5.74) is 0. The molecule has 0 aliphatic rings. The zero-order valence-corrected chi connectivity index (χ0v) is 2.21. The summed E-state index contributed by atoms with van der Waals surface area (Å²) in [5, 5.41) is 14.3. The van der Waals surface area contributed by atoms with Crippen LogP contribution in [0.5, 0.6) is 0 Å². The first-order valence-corrected chi connectivity index (χ1v) is 0.814. The van der Waals surface area contributed by atoms with Gasteiger partial charge in [-0.2, -0.15) is 5.26 Å². The van der Waals surface area contributed by atoms with Crippen LogP contribution in [0.4, 0.5) is 4.79 Å². The van der Waals surface area contributed by atoms with Gasteiger partial charge in [-0.25, -0.2) is 4.79 Å². The molecule has 0 aromatic heterocycles. The van der Waals surface area contributed by atoms with Crippen molar-refractivity contribution < 1.29 is 20.0 Å². The van der Waals surface area contributed by atoms with Crippen LogP contribution in [0.1, 0.15) is 0 Å². The SMILES string of the molecule is O=C(O)OO.[KH]. The molecule has 5 heteroatoms. The molecule has 2 N–H and O–H groups in total. The molecule has 0 aliphatic heterocycles. The Morgan fingerprint density at radius 3 is 1.83 bits per heavy atom. The second kappa shape index (κ2) is 5.87. The Morgan fingerprint density at radius 2 is 1.83 bits per heavy atom. The summed E-state index contributed by atoms with van der Waals surface area (Å²) in [6.07, 6.45) is -1.69. The van der Waals surface area contributed by atoms with E-state index < -0.39 is 6.16 Å². The van der Waals surface area contributed by atoms with Gasteiger partial charge in [0.2, 0.25) is 0 Å². The summed E-state index contributed by atoms with van der Waals surface area (Å²) in [7, 11) is 0. The Balaban J connectivity index is 0. The summed E-state index contributed by atoms with van der Waals surface area (Å²) >= 11 is 0. The van der Waals surface area contributed by atoms with Crippen molar-refractivity contribution in [1.29, 1.82) is 0 Å². The van der Waals surface area contributed by atoms with E-state index in [1.165, 1.54) is 0 Å². The average molecular weight is 118 g/mol. The van der Waals surface area contributed by atoms with Crippen molar-refractivity contribution in [3.8, 4) is 0 Å². The number of hydrogen-bond acceptors (Lipinski definition) is 3. The molecule has 0 rings (SSSR count). The van der Waals surface area contributed by atoms with Crippen LogP contribution in [0.25, 0.3) is 0 Å². The van der Waals surface area contributed by atoms with E-state index >= 15 is 0 Å². The van der Waals surface area contributed by atoms with E-state index in [0.717, 1.165) is 0 Å². The number of carboxylic acid groups (broad SMARTS) is 1. The number of rotatable bonds is 0. The summed E-state index contributed by atoms with van der Waals surface area (Å²) in [6.45, 7) is 0. The molecule has 0 aliphatic carbocycles. The van der Waals surface area contributed by atoms with Gasteiger partial charge in [-0.3, -0.25) is 4.89 Å². The molecule has 0 bridgehead atoms. The Labute approximate surface area is 76.5 Å². The number of carbonyl (C=O) groups is 1. The molecular formula is CH3KO4. The van der Waals surface area contributed by atoms with Crippen molar-refractivity contribution in [2.45, 2.75) is 0 Å². The molecule has 0 aromatic carbocycles. The third kappa shape index (κ3) is 8.85. The molecule has 0 fully saturated rings. The van der Waals surface area contributed by atoms with Gasteiger partial charge in [-0.15, -0.1) is 0 Å². The molecule has 32 valence electrons. The maximum absolute atomic E-state index is 8.90. The first-order valence-electron chi connectivity index (χ1n) is 0.814. The second-order valence-electron chi connectivity index (χ2n) is 0.357. The van der Waals surface area contributed by atoms with Crippen LogP contribution >= 0.6 is 0 Å². The van der Waals surface area contributed by atoms with E-state index in [1.807, 2.05) is 0 Å². The molecule has 0 spiro atoms.